The van der Waals surface area contributed by atoms with E-state index in [0.29, 0.717) is 22.9 Å². The molecule has 2 fully saturated rings. The van der Waals surface area contributed by atoms with Gasteiger partial charge in [0.05, 0.1) is 0 Å². The SMILES string of the molecule is Cc1cc(N2CC3CCC(C2)C3Cc2nc(Cl)c3c(n2)N(c2ccc(F)cc2)C[C@@H]3C)ncn1. The maximum absolute atomic E-state index is 13.5. The highest BCUT2D eigenvalue weighted by molar-refractivity contribution is 6.30. The van der Waals surface area contributed by atoms with Crippen LogP contribution in [0.2, 0.25) is 5.15 Å². The zero-order valence-corrected chi connectivity index (χ0v) is 20.2. The highest BCUT2D eigenvalue weighted by atomic mass is 35.5. The van der Waals surface area contributed by atoms with E-state index in [-0.39, 0.29) is 11.7 Å². The Kier molecular flexibility index (Phi) is 5.40. The number of piperidine rings is 1. The minimum atomic E-state index is -0.239. The van der Waals surface area contributed by atoms with Crippen LogP contribution in [0.15, 0.2) is 36.7 Å². The minimum absolute atomic E-state index is 0.220. The molecule has 2 bridgehead atoms. The Hall–Kier alpha value is -2.80. The smallest absolute Gasteiger partial charge is 0.141 e. The molecule has 1 saturated carbocycles. The summed E-state index contributed by atoms with van der Waals surface area (Å²) in [7, 11) is 0. The zero-order valence-electron chi connectivity index (χ0n) is 19.5. The first-order valence-corrected chi connectivity index (χ1v) is 12.5. The van der Waals surface area contributed by atoms with Crippen LogP contribution < -0.4 is 9.80 Å². The fourth-order valence-corrected chi connectivity index (χ4v) is 6.54. The van der Waals surface area contributed by atoms with E-state index in [4.69, 9.17) is 21.6 Å². The summed E-state index contributed by atoms with van der Waals surface area (Å²) in [6.07, 6.45) is 4.96. The van der Waals surface area contributed by atoms with Gasteiger partial charge in [0.25, 0.3) is 0 Å². The average molecular weight is 479 g/mol. The Labute approximate surface area is 204 Å². The van der Waals surface area contributed by atoms with Gasteiger partial charge in [-0.3, -0.25) is 0 Å². The topological polar surface area (TPSA) is 58.0 Å². The van der Waals surface area contributed by atoms with E-state index in [2.05, 4.69) is 32.8 Å². The predicted molar refractivity (Wildman–Crippen MR) is 131 cm³/mol. The number of fused-ring (bicyclic) bond motifs is 3. The van der Waals surface area contributed by atoms with Crippen LogP contribution in [0.25, 0.3) is 0 Å². The summed E-state index contributed by atoms with van der Waals surface area (Å²) in [5, 5.41) is 0.554. The molecule has 6 nitrogen and oxygen atoms in total. The molecule has 6 rings (SSSR count). The van der Waals surface area contributed by atoms with Gasteiger partial charge in [0, 0.05) is 55.0 Å². The predicted octanol–water partition coefficient (Wildman–Crippen LogP) is 5.33. The van der Waals surface area contributed by atoms with Gasteiger partial charge in [0.15, 0.2) is 0 Å². The first kappa shape index (κ1) is 21.7. The molecule has 1 saturated heterocycles. The van der Waals surface area contributed by atoms with E-state index in [1.807, 2.05) is 6.92 Å². The van der Waals surface area contributed by atoms with Crippen molar-refractivity contribution < 1.29 is 4.39 Å². The zero-order chi connectivity index (χ0) is 23.4. The molecule has 2 unspecified atom stereocenters. The molecule has 1 aromatic carbocycles. The number of aromatic nitrogens is 4. The standard InChI is InChI=1S/C26H28ClFN6/c1-15-11-34(20-7-5-19(28)6-8-20)26-24(15)25(27)31-22(32-26)10-21-17-3-4-18(21)13-33(12-17)23-9-16(2)29-14-30-23/h5-9,14-15,17-18,21H,3-4,10-13H2,1-2H3/t15-,17?,18?,21?/m0/s1. The second kappa shape index (κ2) is 8.45. The fourth-order valence-electron chi connectivity index (χ4n) is 6.17. The van der Waals surface area contributed by atoms with Crippen LogP contribution in [0, 0.1) is 30.5 Å². The van der Waals surface area contributed by atoms with Gasteiger partial charge in [0.1, 0.15) is 34.8 Å². The Morgan fingerprint density at radius 3 is 2.47 bits per heavy atom. The Balaban J connectivity index is 1.25. The van der Waals surface area contributed by atoms with Crippen molar-refractivity contribution in [2.45, 2.75) is 39.0 Å². The summed E-state index contributed by atoms with van der Waals surface area (Å²) in [5.41, 5.74) is 2.92. The Morgan fingerprint density at radius 2 is 1.76 bits per heavy atom. The van der Waals surface area contributed by atoms with Crippen molar-refractivity contribution >= 4 is 28.9 Å². The quantitative estimate of drug-likeness (QED) is 0.472. The molecule has 3 atom stereocenters. The number of anilines is 3. The largest absolute Gasteiger partial charge is 0.356 e. The lowest BCUT2D eigenvalue weighted by molar-refractivity contribution is 0.265. The van der Waals surface area contributed by atoms with Crippen LogP contribution >= 0.6 is 11.6 Å². The monoisotopic (exact) mass is 478 g/mol. The number of hydrogen-bond donors (Lipinski definition) is 0. The van der Waals surface area contributed by atoms with E-state index in [0.717, 1.165) is 60.5 Å². The van der Waals surface area contributed by atoms with Crippen LogP contribution in [0.5, 0.6) is 0 Å². The Morgan fingerprint density at radius 1 is 1.03 bits per heavy atom. The van der Waals surface area contributed by atoms with Crippen molar-refractivity contribution in [3.8, 4) is 0 Å². The van der Waals surface area contributed by atoms with Gasteiger partial charge in [0.2, 0.25) is 0 Å². The van der Waals surface area contributed by atoms with E-state index >= 15 is 0 Å². The number of benzene rings is 1. The molecule has 0 amide bonds. The highest BCUT2D eigenvalue weighted by Crippen LogP contribution is 2.46. The van der Waals surface area contributed by atoms with E-state index in [1.165, 1.54) is 25.0 Å². The molecule has 2 aliphatic heterocycles. The van der Waals surface area contributed by atoms with E-state index in [1.54, 1.807) is 18.5 Å². The fraction of sp³-hybridized carbons (Fsp3) is 0.462. The number of halogens is 2. The first-order chi connectivity index (χ1) is 16.5. The maximum Gasteiger partial charge on any atom is 0.141 e. The number of nitrogens with zero attached hydrogens (tertiary/aromatic N) is 6. The van der Waals surface area contributed by atoms with Gasteiger partial charge in [-0.25, -0.2) is 24.3 Å². The van der Waals surface area contributed by atoms with Crippen LogP contribution in [-0.4, -0.2) is 39.6 Å². The van der Waals surface area contributed by atoms with Gasteiger partial charge < -0.3 is 9.80 Å². The van der Waals surface area contributed by atoms with Gasteiger partial charge in [-0.1, -0.05) is 18.5 Å². The summed E-state index contributed by atoms with van der Waals surface area (Å²) in [6.45, 7) is 6.94. The molecule has 1 aliphatic carbocycles. The number of hydrogen-bond acceptors (Lipinski definition) is 6. The molecule has 2 aromatic heterocycles. The molecule has 0 N–H and O–H groups in total. The van der Waals surface area contributed by atoms with Crippen LogP contribution in [0.1, 0.15) is 42.8 Å². The molecule has 176 valence electrons. The maximum atomic E-state index is 13.5. The molecule has 34 heavy (non-hydrogen) atoms. The second-order valence-corrected chi connectivity index (χ2v) is 10.4. The summed E-state index contributed by atoms with van der Waals surface area (Å²) >= 11 is 6.71. The molecule has 8 heteroatoms. The third-order valence-corrected chi connectivity index (χ3v) is 8.12. The van der Waals surface area contributed by atoms with Crippen molar-refractivity contribution in [1.29, 1.82) is 0 Å². The van der Waals surface area contributed by atoms with Crippen molar-refractivity contribution in [3.63, 3.8) is 0 Å². The van der Waals surface area contributed by atoms with Gasteiger partial charge >= 0.3 is 0 Å². The third kappa shape index (κ3) is 3.80. The lowest BCUT2D eigenvalue weighted by atomic mass is 9.82. The van der Waals surface area contributed by atoms with Crippen LogP contribution in [0.4, 0.5) is 21.7 Å². The first-order valence-electron chi connectivity index (χ1n) is 12.1. The van der Waals surface area contributed by atoms with Crippen molar-refractivity contribution in [2.75, 3.05) is 29.4 Å². The summed E-state index contributed by atoms with van der Waals surface area (Å²) < 4.78 is 13.5. The summed E-state index contributed by atoms with van der Waals surface area (Å²) in [6, 6.07) is 8.67. The minimum Gasteiger partial charge on any atom is -0.356 e. The molecular weight excluding hydrogens is 451 g/mol. The van der Waals surface area contributed by atoms with Crippen LogP contribution in [-0.2, 0) is 6.42 Å². The van der Waals surface area contributed by atoms with E-state index in [9.17, 15) is 4.39 Å². The van der Waals surface area contributed by atoms with Crippen molar-refractivity contribution in [2.24, 2.45) is 17.8 Å². The third-order valence-electron chi connectivity index (χ3n) is 7.83. The summed E-state index contributed by atoms with van der Waals surface area (Å²) in [4.78, 5) is 23.1. The number of rotatable bonds is 4. The molecule has 0 radical (unpaired) electrons. The van der Waals surface area contributed by atoms with Crippen molar-refractivity contribution in [1.82, 2.24) is 19.9 Å². The Bertz CT molecular complexity index is 1200. The molecule has 4 heterocycles. The molecular formula is C26H28ClFN6. The highest BCUT2D eigenvalue weighted by Gasteiger charge is 2.43. The molecule has 0 spiro atoms. The normalized spacial score (nSPS) is 25.6. The molecule has 3 aliphatic rings. The average Bonchev–Trinajstić information content (AvgIpc) is 3.25. The van der Waals surface area contributed by atoms with Gasteiger partial charge in [-0.2, -0.15) is 0 Å². The second-order valence-electron chi connectivity index (χ2n) is 10.0. The van der Waals surface area contributed by atoms with Gasteiger partial charge in [-0.05, 0) is 61.8 Å². The van der Waals surface area contributed by atoms with Gasteiger partial charge in [-0.15, -0.1) is 0 Å². The lowest BCUT2D eigenvalue weighted by Gasteiger charge is -2.38. The summed E-state index contributed by atoms with van der Waals surface area (Å²) in [5.74, 6) is 4.44. The number of aryl methyl sites for hydroxylation is 1. The molecule has 3 aromatic rings. The lowest BCUT2D eigenvalue weighted by Crippen LogP contribution is -2.43. The van der Waals surface area contributed by atoms with E-state index < -0.39 is 0 Å². The van der Waals surface area contributed by atoms with Crippen LogP contribution in [0.3, 0.4) is 0 Å². The van der Waals surface area contributed by atoms with Crippen molar-refractivity contribution in [3.05, 3.63) is 64.7 Å².